The smallest absolute Gasteiger partial charge is 0.0558 e. The summed E-state index contributed by atoms with van der Waals surface area (Å²) in [6, 6.07) is 0. The molecule has 0 spiro atoms. The fraction of sp³-hybridized carbons (Fsp3) is 0.667. The number of aromatic nitrogens is 2. The van der Waals surface area contributed by atoms with Gasteiger partial charge in [-0.05, 0) is 14.0 Å². The monoisotopic (exact) mass is 183 g/mol. The maximum absolute atomic E-state index is 8.70. The van der Waals surface area contributed by atoms with E-state index in [2.05, 4.69) is 16.9 Å². The second kappa shape index (κ2) is 4.99. The number of nitrogens with zero attached hydrogens (tertiary/aromatic N) is 3. The Labute approximate surface area is 78.8 Å². The Morgan fingerprint density at radius 3 is 2.92 bits per heavy atom. The Bertz CT molecular complexity index is 247. The van der Waals surface area contributed by atoms with E-state index in [9.17, 15) is 0 Å². The molecule has 1 N–H and O–H groups in total. The Morgan fingerprint density at radius 2 is 2.38 bits per heavy atom. The van der Waals surface area contributed by atoms with Gasteiger partial charge in [0.05, 0.1) is 12.8 Å². The van der Waals surface area contributed by atoms with Crippen molar-refractivity contribution in [1.29, 1.82) is 0 Å². The summed E-state index contributed by atoms with van der Waals surface area (Å²) in [7, 11) is 1.99. The van der Waals surface area contributed by atoms with E-state index in [1.807, 2.05) is 24.1 Å². The SMILES string of the molecule is CCn1cc(CN(C)CCO)cn1. The van der Waals surface area contributed by atoms with Gasteiger partial charge in [0.2, 0.25) is 0 Å². The maximum Gasteiger partial charge on any atom is 0.0558 e. The molecule has 13 heavy (non-hydrogen) atoms. The molecule has 0 saturated heterocycles. The van der Waals surface area contributed by atoms with Crippen LogP contribution < -0.4 is 0 Å². The molecular weight excluding hydrogens is 166 g/mol. The molecule has 0 fully saturated rings. The number of aliphatic hydroxyl groups is 1. The van der Waals surface area contributed by atoms with Gasteiger partial charge in [-0.25, -0.2) is 0 Å². The van der Waals surface area contributed by atoms with E-state index in [0.29, 0.717) is 6.54 Å². The van der Waals surface area contributed by atoms with Crippen molar-refractivity contribution in [1.82, 2.24) is 14.7 Å². The van der Waals surface area contributed by atoms with Gasteiger partial charge in [-0.15, -0.1) is 0 Å². The molecule has 74 valence electrons. The number of likely N-dealkylation sites (N-methyl/N-ethyl adjacent to an activating group) is 1. The summed E-state index contributed by atoms with van der Waals surface area (Å²) < 4.78 is 1.90. The highest BCUT2D eigenvalue weighted by Crippen LogP contribution is 2.01. The van der Waals surface area contributed by atoms with Crippen LogP contribution in [0.25, 0.3) is 0 Å². The highest BCUT2D eigenvalue weighted by molar-refractivity contribution is 5.03. The Hall–Kier alpha value is -0.870. The van der Waals surface area contributed by atoms with Gasteiger partial charge in [-0.2, -0.15) is 5.10 Å². The number of aryl methyl sites for hydroxylation is 1. The quantitative estimate of drug-likeness (QED) is 0.715. The Balaban J connectivity index is 2.44. The maximum atomic E-state index is 8.70. The molecule has 0 aliphatic carbocycles. The zero-order valence-electron chi connectivity index (χ0n) is 8.27. The second-order valence-electron chi connectivity index (χ2n) is 3.17. The largest absolute Gasteiger partial charge is 0.395 e. The molecule has 1 aromatic heterocycles. The van der Waals surface area contributed by atoms with E-state index < -0.39 is 0 Å². The predicted molar refractivity (Wildman–Crippen MR) is 51.3 cm³/mol. The van der Waals surface area contributed by atoms with Crippen LogP contribution in [0.1, 0.15) is 12.5 Å². The first-order chi connectivity index (χ1) is 6.26. The molecule has 0 aliphatic rings. The Morgan fingerprint density at radius 1 is 1.62 bits per heavy atom. The van der Waals surface area contributed by atoms with E-state index in [1.165, 1.54) is 5.56 Å². The molecule has 0 aliphatic heterocycles. The van der Waals surface area contributed by atoms with Gasteiger partial charge in [0.15, 0.2) is 0 Å². The molecule has 0 aromatic carbocycles. The average molecular weight is 183 g/mol. The number of rotatable bonds is 5. The van der Waals surface area contributed by atoms with Crippen LogP contribution in [0.5, 0.6) is 0 Å². The number of aliphatic hydroxyl groups excluding tert-OH is 1. The van der Waals surface area contributed by atoms with E-state index in [1.54, 1.807) is 0 Å². The standard InChI is InChI=1S/C9H17N3O/c1-3-12-8-9(6-10-12)7-11(2)4-5-13/h6,8,13H,3-5,7H2,1-2H3. The van der Waals surface area contributed by atoms with Crippen molar-refractivity contribution in [2.24, 2.45) is 0 Å². The van der Waals surface area contributed by atoms with Crippen molar-refractivity contribution in [3.05, 3.63) is 18.0 Å². The molecule has 0 amide bonds. The zero-order chi connectivity index (χ0) is 9.68. The van der Waals surface area contributed by atoms with Gasteiger partial charge in [0, 0.05) is 31.4 Å². The van der Waals surface area contributed by atoms with Gasteiger partial charge in [0.25, 0.3) is 0 Å². The molecule has 0 atom stereocenters. The normalized spacial score (nSPS) is 11.1. The van der Waals surface area contributed by atoms with Crippen molar-refractivity contribution in [3.63, 3.8) is 0 Å². The van der Waals surface area contributed by atoms with Crippen molar-refractivity contribution in [3.8, 4) is 0 Å². The van der Waals surface area contributed by atoms with Crippen LogP contribution >= 0.6 is 0 Å². The zero-order valence-corrected chi connectivity index (χ0v) is 8.27. The minimum absolute atomic E-state index is 0.207. The molecule has 0 saturated carbocycles. The lowest BCUT2D eigenvalue weighted by Crippen LogP contribution is -2.21. The molecular formula is C9H17N3O. The van der Waals surface area contributed by atoms with E-state index >= 15 is 0 Å². The second-order valence-corrected chi connectivity index (χ2v) is 3.17. The van der Waals surface area contributed by atoms with Gasteiger partial charge in [-0.1, -0.05) is 0 Å². The first-order valence-electron chi connectivity index (χ1n) is 4.57. The first-order valence-corrected chi connectivity index (χ1v) is 4.57. The van der Waals surface area contributed by atoms with Gasteiger partial charge in [0.1, 0.15) is 0 Å². The van der Waals surface area contributed by atoms with Gasteiger partial charge in [-0.3, -0.25) is 9.58 Å². The molecule has 4 nitrogen and oxygen atoms in total. The Kier molecular flexibility index (Phi) is 3.92. The summed E-state index contributed by atoms with van der Waals surface area (Å²) >= 11 is 0. The highest BCUT2D eigenvalue weighted by Gasteiger charge is 2.01. The summed E-state index contributed by atoms with van der Waals surface area (Å²) in [6.07, 6.45) is 3.91. The minimum Gasteiger partial charge on any atom is -0.395 e. The minimum atomic E-state index is 0.207. The molecule has 0 radical (unpaired) electrons. The molecule has 0 unspecified atom stereocenters. The summed E-state index contributed by atoms with van der Waals surface area (Å²) in [5.41, 5.74) is 1.19. The van der Waals surface area contributed by atoms with E-state index in [0.717, 1.165) is 13.1 Å². The fourth-order valence-electron chi connectivity index (χ4n) is 1.22. The molecule has 1 heterocycles. The fourth-order valence-corrected chi connectivity index (χ4v) is 1.22. The van der Waals surface area contributed by atoms with Gasteiger partial charge >= 0.3 is 0 Å². The van der Waals surface area contributed by atoms with Crippen molar-refractivity contribution in [2.45, 2.75) is 20.0 Å². The summed E-state index contributed by atoms with van der Waals surface area (Å²) in [6.45, 7) is 4.73. The van der Waals surface area contributed by atoms with Crippen molar-refractivity contribution in [2.75, 3.05) is 20.2 Å². The summed E-state index contributed by atoms with van der Waals surface area (Å²) in [4.78, 5) is 2.07. The first kappa shape index (κ1) is 10.2. The lowest BCUT2D eigenvalue weighted by molar-refractivity contribution is 0.217. The van der Waals surface area contributed by atoms with Crippen LogP contribution in [0.2, 0.25) is 0 Å². The van der Waals surface area contributed by atoms with Crippen LogP contribution in [0.3, 0.4) is 0 Å². The molecule has 4 heteroatoms. The van der Waals surface area contributed by atoms with E-state index in [4.69, 9.17) is 5.11 Å². The van der Waals surface area contributed by atoms with Crippen LogP contribution in [-0.2, 0) is 13.1 Å². The average Bonchev–Trinajstić information content (AvgIpc) is 2.52. The van der Waals surface area contributed by atoms with Crippen LogP contribution in [0, 0.1) is 0 Å². The number of hydrogen-bond donors (Lipinski definition) is 1. The van der Waals surface area contributed by atoms with Crippen molar-refractivity contribution >= 4 is 0 Å². The highest BCUT2D eigenvalue weighted by atomic mass is 16.3. The third-order valence-electron chi connectivity index (χ3n) is 1.94. The molecule has 1 aromatic rings. The lowest BCUT2D eigenvalue weighted by Gasteiger charge is -2.12. The number of hydrogen-bond acceptors (Lipinski definition) is 3. The topological polar surface area (TPSA) is 41.3 Å². The van der Waals surface area contributed by atoms with Crippen LogP contribution in [0.4, 0.5) is 0 Å². The van der Waals surface area contributed by atoms with Gasteiger partial charge < -0.3 is 5.11 Å². The third-order valence-corrected chi connectivity index (χ3v) is 1.94. The lowest BCUT2D eigenvalue weighted by atomic mass is 10.3. The van der Waals surface area contributed by atoms with Crippen LogP contribution in [-0.4, -0.2) is 40.0 Å². The third kappa shape index (κ3) is 3.16. The summed E-state index contributed by atoms with van der Waals surface area (Å²) in [5.74, 6) is 0. The van der Waals surface area contributed by atoms with E-state index in [-0.39, 0.29) is 6.61 Å². The predicted octanol–water partition coefficient (Wildman–Crippen LogP) is 0.327. The molecule has 0 bridgehead atoms. The van der Waals surface area contributed by atoms with Crippen molar-refractivity contribution < 1.29 is 5.11 Å². The molecule has 1 rings (SSSR count). The van der Waals surface area contributed by atoms with Crippen LogP contribution in [0.15, 0.2) is 12.4 Å². The summed E-state index contributed by atoms with van der Waals surface area (Å²) in [5, 5.41) is 12.9.